The van der Waals surface area contributed by atoms with Crippen LogP contribution in [0.15, 0.2) is 30.3 Å². The van der Waals surface area contributed by atoms with E-state index in [0.29, 0.717) is 23.6 Å². The van der Waals surface area contributed by atoms with Crippen LogP contribution in [-0.2, 0) is 12.8 Å². The molecule has 1 aromatic carbocycles. The summed E-state index contributed by atoms with van der Waals surface area (Å²) in [6.45, 7) is 1.91. The highest BCUT2D eigenvalue weighted by Gasteiger charge is 2.13. The Morgan fingerprint density at radius 1 is 1.21 bits per heavy atom. The summed E-state index contributed by atoms with van der Waals surface area (Å²) in [5, 5.41) is 19.0. The lowest BCUT2D eigenvalue weighted by atomic mass is 10.0. The SMILES string of the molecule is Cc1ccc([N+](=O)[O-])c(CCc2ccc(Cl)nn2)c1. The summed E-state index contributed by atoms with van der Waals surface area (Å²) in [7, 11) is 0. The molecular formula is C13H12ClN3O2. The predicted molar refractivity (Wildman–Crippen MR) is 72.3 cm³/mol. The third-order valence-electron chi connectivity index (χ3n) is 2.77. The molecule has 0 amide bonds. The molecule has 0 spiro atoms. The van der Waals surface area contributed by atoms with Gasteiger partial charge in [0.15, 0.2) is 5.15 Å². The Labute approximate surface area is 115 Å². The number of nitro groups is 1. The molecule has 0 radical (unpaired) electrons. The molecule has 6 heteroatoms. The van der Waals surface area contributed by atoms with Gasteiger partial charge in [-0.1, -0.05) is 23.2 Å². The summed E-state index contributed by atoms with van der Waals surface area (Å²) in [5.74, 6) is 0. The molecule has 98 valence electrons. The fraction of sp³-hybridized carbons (Fsp3) is 0.231. The highest BCUT2D eigenvalue weighted by Crippen LogP contribution is 2.21. The van der Waals surface area contributed by atoms with Crippen molar-refractivity contribution >= 4 is 17.3 Å². The summed E-state index contributed by atoms with van der Waals surface area (Å²) in [6, 6.07) is 8.55. The van der Waals surface area contributed by atoms with Gasteiger partial charge in [-0.15, -0.1) is 5.10 Å². The number of hydrogen-bond donors (Lipinski definition) is 0. The Bertz CT molecular complexity index is 599. The van der Waals surface area contributed by atoms with E-state index in [2.05, 4.69) is 10.2 Å². The van der Waals surface area contributed by atoms with Gasteiger partial charge < -0.3 is 0 Å². The monoisotopic (exact) mass is 277 g/mol. The molecule has 0 unspecified atom stereocenters. The van der Waals surface area contributed by atoms with E-state index in [4.69, 9.17) is 11.6 Å². The van der Waals surface area contributed by atoms with Gasteiger partial charge in [0, 0.05) is 11.6 Å². The highest BCUT2D eigenvalue weighted by atomic mass is 35.5. The van der Waals surface area contributed by atoms with Gasteiger partial charge in [0.05, 0.1) is 10.6 Å². The van der Waals surface area contributed by atoms with E-state index < -0.39 is 0 Å². The van der Waals surface area contributed by atoms with Gasteiger partial charge in [-0.05, 0) is 38.0 Å². The third kappa shape index (κ3) is 3.48. The van der Waals surface area contributed by atoms with Gasteiger partial charge in [0.25, 0.3) is 5.69 Å². The minimum atomic E-state index is -0.359. The number of nitrogens with zero attached hydrogens (tertiary/aromatic N) is 3. The van der Waals surface area contributed by atoms with Crippen molar-refractivity contribution in [3.63, 3.8) is 0 Å². The van der Waals surface area contributed by atoms with Gasteiger partial charge in [0.2, 0.25) is 0 Å². The highest BCUT2D eigenvalue weighted by molar-refractivity contribution is 6.29. The predicted octanol–water partition coefficient (Wildman–Crippen LogP) is 3.13. The average Bonchev–Trinajstić information content (AvgIpc) is 2.38. The van der Waals surface area contributed by atoms with Gasteiger partial charge in [-0.3, -0.25) is 10.1 Å². The Morgan fingerprint density at radius 3 is 2.63 bits per heavy atom. The number of aryl methyl sites for hydroxylation is 3. The van der Waals surface area contributed by atoms with Crippen molar-refractivity contribution in [3.05, 3.63) is 62.4 Å². The summed E-state index contributed by atoms with van der Waals surface area (Å²) in [5.41, 5.74) is 2.62. The lowest BCUT2D eigenvalue weighted by Gasteiger charge is -2.04. The first kappa shape index (κ1) is 13.4. The number of halogens is 1. The summed E-state index contributed by atoms with van der Waals surface area (Å²) in [6.07, 6.45) is 1.14. The van der Waals surface area contributed by atoms with Crippen molar-refractivity contribution in [2.24, 2.45) is 0 Å². The number of hydrogen-bond acceptors (Lipinski definition) is 4. The molecule has 0 bridgehead atoms. The van der Waals surface area contributed by atoms with Crippen molar-refractivity contribution < 1.29 is 4.92 Å². The van der Waals surface area contributed by atoms with E-state index in [1.165, 1.54) is 6.07 Å². The lowest BCUT2D eigenvalue weighted by Crippen LogP contribution is -2.00. The first-order valence-corrected chi connectivity index (χ1v) is 6.16. The molecule has 0 saturated heterocycles. The molecule has 0 aliphatic carbocycles. The molecule has 1 heterocycles. The van der Waals surface area contributed by atoms with Gasteiger partial charge in [-0.25, -0.2) is 0 Å². The molecule has 0 N–H and O–H groups in total. The second-order valence-corrected chi connectivity index (χ2v) is 4.62. The van der Waals surface area contributed by atoms with Gasteiger partial charge in [0.1, 0.15) is 0 Å². The molecule has 5 nitrogen and oxygen atoms in total. The quantitative estimate of drug-likeness (QED) is 0.636. The molecular weight excluding hydrogens is 266 g/mol. The van der Waals surface area contributed by atoms with Crippen LogP contribution in [0, 0.1) is 17.0 Å². The topological polar surface area (TPSA) is 68.9 Å². The molecule has 1 aromatic heterocycles. The minimum Gasteiger partial charge on any atom is -0.258 e. The van der Waals surface area contributed by atoms with Crippen LogP contribution in [0.3, 0.4) is 0 Å². The van der Waals surface area contributed by atoms with Crippen LogP contribution < -0.4 is 0 Å². The van der Waals surface area contributed by atoms with Crippen LogP contribution in [-0.4, -0.2) is 15.1 Å². The molecule has 0 aliphatic heterocycles. The van der Waals surface area contributed by atoms with E-state index in [-0.39, 0.29) is 10.6 Å². The first-order chi connectivity index (χ1) is 9.06. The fourth-order valence-corrected chi connectivity index (χ4v) is 1.93. The van der Waals surface area contributed by atoms with Crippen LogP contribution >= 0.6 is 11.6 Å². The average molecular weight is 278 g/mol. The number of nitro benzene ring substituents is 1. The fourth-order valence-electron chi connectivity index (χ4n) is 1.83. The zero-order valence-electron chi connectivity index (χ0n) is 10.3. The molecule has 2 rings (SSSR count). The Kier molecular flexibility index (Phi) is 4.06. The maximum atomic E-state index is 10.9. The number of benzene rings is 1. The standard InChI is InChI=1S/C13H12ClN3O2/c1-9-2-6-12(17(18)19)10(8-9)3-4-11-5-7-13(14)16-15-11/h2,5-8H,3-4H2,1H3. The maximum Gasteiger partial charge on any atom is 0.272 e. The lowest BCUT2D eigenvalue weighted by molar-refractivity contribution is -0.385. The van der Waals surface area contributed by atoms with E-state index in [0.717, 1.165) is 11.3 Å². The molecule has 0 aliphatic rings. The third-order valence-corrected chi connectivity index (χ3v) is 2.97. The molecule has 0 atom stereocenters. The van der Waals surface area contributed by atoms with Crippen LogP contribution in [0.1, 0.15) is 16.8 Å². The smallest absolute Gasteiger partial charge is 0.258 e. The van der Waals surface area contributed by atoms with Crippen molar-refractivity contribution in [1.82, 2.24) is 10.2 Å². The van der Waals surface area contributed by atoms with Crippen LogP contribution in [0.5, 0.6) is 0 Å². The maximum absolute atomic E-state index is 10.9. The molecule has 0 fully saturated rings. The minimum absolute atomic E-state index is 0.146. The number of rotatable bonds is 4. The molecule has 2 aromatic rings. The van der Waals surface area contributed by atoms with E-state index in [1.54, 1.807) is 18.2 Å². The van der Waals surface area contributed by atoms with E-state index in [1.807, 2.05) is 13.0 Å². The molecule has 19 heavy (non-hydrogen) atoms. The van der Waals surface area contributed by atoms with Gasteiger partial charge >= 0.3 is 0 Å². The molecule has 0 saturated carbocycles. The van der Waals surface area contributed by atoms with E-state index in [9.17, 15) is 10.1 Å². The number of aromatic nitrogens is 2. The van der Waals surface area contributed by atoms with Crippen molar-refractivity contribution in [1.29, 1.82) is 0 Å². The normalized spacial score (nSPS) is 10.4. The van der Waals surface area contributed by atoms with Crippen LogP contribution in [0.2, 0.25) is 5.15 Å². The van der Waals surface area contributed by atoms with Crippen LogP contribution in [0.4, 0.5) is 5.69 Å². The Balaban J connectivity index is 2.16. The zero-order chi connectivity index (χ0) is 13.8. The Hall–Kier alpha value is -2.01. The van der Waals surface area contributed by atoms with Crippen molar-refractivity contribution in [2.75, 3.05) is 0 Å². The second kappa shape index (κ2) is 5.75. The van der Waals surface area contributed by atoms with E-state index >= 15 is 0 Å². The van der Waals surface area contributed by atoms with Crippen LogP contribution in [0.25, 0.3) is 0 Å². The summed E-state index contributed by atoms with van der Waals surface area (Å²) >= 11 is 5.65. The summed E-state index contributed by atoms with van der Waals surface area (Å²) < 4.78 is 0. The Morgan fingerprint density at radius 2 is 2.00 bits per heavy atom. The second-order valence-electron chi connectivity index (χ2n) is 4.24. The first-order valence-electron chi connectivity index (χ1n) is 5.78. The van der Waals surface area contributed by atoms with Gasteiger partial charge in [-0.2, -0.15) is 5.10 Å². The van der Waals surface area contributed by atoms with Crippen molar-refractivity contribution in [3.8, 4) is 0 Å². The van der Waals surface area contributed by atoms with Crippen molar-refractivity contribution in [2.45, 2.75) is 19.8 Å². The summed E-state index contributed by atoms with van der Waals surface area (Å²) in [4.78, 5) is 10.6. The zero-order valence-corrected chi connectivity index (χ0v) is 11.1. The largest absolute Gasteiger partial charge is 0.272 e.